The average molecular weight is 670 g/mol. The van der Waals surface area contributed by atoms with E-state index in [1.807, 2.05) is 68.4 Å². The zero-order valence-corrected chi connectivity index (χ0v) is 28.5. The zero-order chi connectivity index (χ0) is 35.4. The summed E-state index contributed by atoms with van der Waals surface area (Å²) >= 11 is 0. The molecular weight excluding hydrogens is 630 g/mol. The van der Waals surface area contributed by atoms with Gasteiger partial charge in [0.25, 0.3) is 5.91 Å². The third-order valence-electron chi connectivity index (χ3n) is 9.00. The molecule has 254 valence electrons. The Bertz CT molecular complexity index is 2100. The molecule has 0 fully saturated rings. The largest absolute Gasteiger partial charge is 0.467 e. The van der Waals surface area contributed by atoms with Crippen molar-refractivity contribution >= 4 is 40.5 Å². The number of nitrogens with zero attached hydrogens (tertiary/aromatic N) is 1. The number of para-hydroxylation sites is 1. The molecule has 0 saturated heterocycles. The Balaban J connectivity index is 1.18. The first-order chi connectivity index (χ1) is 24.1. The van der Waals surface area contributed by atoms with E-state index in [1.165, 1.54) is 19.6 Å². The maximum Gasteiger partial charge on any atom is 0.411 e. The lowest BCUT2D eigenvalue weighted by Crippen LogP contribution is -2.43. The molecule has 0 unspecified atom stereocenters. The Morgan fingerprint density at radius 1 is 0.860 bits per heavy atom. The van der Waals surface area contributed by atoms with E-state index < -0.39 is 24.0 Å². The highest BCUT2D eigenvalue weighted by Crippen LogP contribution is 2.44. The Morgan fingerprint density at radius 2 is 1.52 bits per heavy atom. The number of hydrogen-bond acceptors (Lipinski definition) is 6. The molecule has 0 radical (unpaired) electrons. The predicted molar refractivity (Wildman–Crippen MR) is 193 cm³/mol. The quantitative estimate of drug-likeness (QED) is 0.116. The van der Waals surface area contributed by atoms with Gasteiger partial charge in [0.1, 0.15) is 12.6 Å². The van der Waals surface area contributed by atoms with Crippen LogP contribution in [0.2, 0.25) is 0 Å². The third-order valence-corrected chi connectivity index (χ3v) is 9.00. The summed E-state index contributed by atoms with van der Waals surface area (Å²) in [5.41, 5.74) is 8.45. The number of rotatable bonds is 10. The molecule has 0 bridgehead atoms. The predicted octanol–water partition coefficient (Wildman–Crippen LogP) is 7.69. The van der Waals surface area contributed by atoms with Crippen molar-refractivity contribution in [2.75, 3.05) is 19.0 Å². The second kappa shape index (κ2) is 14.7. The average Bonchev–Trinajstić information content (AvgIpc) is 3.64. The number of hydrogen-bond donors (Lipinski definition) is 2. The Kier molecular flexibility index (Phi) is 9.94. The fourth-order valence-electron chi connectivity index (χ4n) is 6.54. The number of amides is 2. The SMILES string of the molecule is COC(=O)[C@@H](Cc1cn(C(C)=O)c2cc(CC=C(C)C)ccc12)NC(=O)c1ccccc1NC(=O)OCC1c2ccccc2-c2ccccc21. The first kappa shape index (κ1) is 33.9. The molecule has 2 amide bonds. The minimum atomic E-state index is -1.08. The van der Waals surface area contributed by atoms with Gasteiger partial charge in [-0.05, 0) is 71.8 Å². The normalized spacial score (nSPS) is 12.4. The first-order valence-corrected chi connectivity index (χ1v) is 16.5. The third kappa shape index (κ3) is 7.08. The molecule has 1 heterocycles. The molecule has 4 aromatic carbocycles. The number of esters is 1. The van der Waals surface area contributed by atoms with E-state index in [0.717, 1.165) is 45.1 Å². The molecule has 9 heteroatoms. The van der Waals surface area contributed by atoms with Crippen molar-refractivity contribution in [3.05, 3.63) is 137 Å². The second-order valence-electron chi connectivity index (χ2n) is 12.6. The number of nitrogens with one attached hydrogen (secondary N) is 2. The van der Waals surface area contributed by atoms with Gasteiger partial charge < -0.3 is 14.8 Å². The fraction of sp³-hybridized carbons (Fsp3) is 0.220. The van der Waals surface area contributed by atoms with Crippen molar-refractivity contribution in [1.29, 1.82) is 0 Å². The number of fused-ring (bicyclic) bond motifs is 4. The zero-order valence-electron chi connectivity index (χ0n) is 28.5. The lowest BCUT2D eigenvalue weighted by Gasteiger charge is -2.18. The minimum absolute atomic E-state index is 0.0739. The van der Waals surface area contributed by atoms with Crippen LogP contribution in [-0.2, 0) is 27.1 Å². The lowest BCUT2D eigenvalue weighted by atomic mass is 9.98. The maximum absolute atomic E-state index is 13.7. The molecule has 1 aliphatic rings. The molecule has 6 rings (SSSR count). The summed E-state index contributed by atoms with van der Waals surface area (Å²) in [4.78, 5) is 52.4. The van der Waals surface area contributed by atoms with Crippen molar-refractivity contribution in [2.24, 2.45) is 0 Å². The molecule has 2 N–H and O–H groups in total. The highest BCUT2D eigenvalue weighted by molar-refractivity contribution is 6.04. The number of anilines is 1. The lowest BCUT2D eigenvalue weighted by molar-refractivity contribution is -0.142. The molecule has 0 aliphatic heterocycles. The summed E-state index contributed by atoms with van der Waals surface area (Å²) in [6.07, 6.45) is 3.90. The number of ether oxygens (including phenoxy) is 2. The van der Waals surface area contributed by atoms with Crippen LogP contribution in [-0.4, -0.2) is 48.2 Å². The Hall–Kier alpha value is -5.96. The van der Waals surface area contributed by atoms with Gasteiger partial charge in [0.2, 0.25) is 5.91 Å². The van der Waals surface area contributed by atoms with Gasteiger partial charge in [0, 0.05) is 30.8 Å². The van der Waals surface area contributed by atoms with Gasteiger partial charge in [0.05, 0.1) is 23.9 Å². The molecular formula is C41H39N3O6. The minimum Gasteiger partial charge on any atom is -0.467 e. The number of carbonyl (C=O) groups excluding carboxylic acids is 4. The monoisotopic (exact) mass is 669 g/mol. The van der Waals surface area contributed by atoms with Crippen LogP contribution in [0, 0.1) is 0 Å². The summed E-state index contributed by atoms with van der Waals surface area (Å²) in [7, 11) is 1.25. The van der Waals surface area contributed by atoms with Crippen LogP contribution < -0.4 is 10.6 Å². The molecule has 1 atom stereocenters. The van der Waals surface area contributed by atoms with Gasteiger partial charge in [-0.2, -0.15) is 0 Å². The van der Waals surface area contributed by atoms with Crippen LogP contribution in [0.5, 0.6) is 0 Å². The Morgan fingerprint density at radius 3 is 2.18 bits per heavy atom. The Labute approximate surface area is 290 Å². The summed E-state index contributed by atoms with van der Waals surface area (Å²) in [6.45, 7) is 5.66. The number of benzene rings is 4. The van der Waals surface area contributed by atoms with E-state index in [2.05, 4.69) is 28.8 Å². The standard InChI is InChI=1S/C41H39N3O6/c1-25(2)17-18-27-19-20-29-28(23-44(26(3)45)38(29)21-27)22-37(40(47)49-4)42-39(46)34-15-9-10-16-36(34)43-41(48)50-24-35-32-13-7-5-11-30(32)31-12-6-8-14-33(31)35/h5-17,19-21,23,35,37H,18,22,24H2,1-4H3,(H,42,46)(H,43,48)/t37-/m1/s1. The van der Waals surface area contributed by atoms with Crippen LogP contribution in [0.4, 0.5) is 10.5 Å². The molecule has 0 saturated carbocycles. The molecule has 1 aromatic heterocycles. The van der Waals surface area contributed by atoms with Crippen molar-refractivity contribution in [3.63, 3.8) is 0 Å². The van der Waals surface area contributed by atoms with E-state index in [-0.39, 0.29) is 36.1 Å². The first-order valence-electron chi connectivity index (χ1n) is 16.5. The van der Waals surface area contributed by atoms with Crippen LogP contribution in [0.15, 0.2) is 109 Å². The van der Waals surface area contributed by atoms with Gasteiger partial charge >= 0.3 is 12.1 Å². The van der Waals surface area contributed by atoms with Crippen LogP contribution >= 0.6 is 0 Å². The summed E-state index contributed by atoms with van der Waals surface area (Å²) in [6, 6.07) is 27.5. The van der Waals surface area contributed by atoms with E-state index in [0.29, 0.717) is 5.56 Å². The van der Waals surface area contributed by atoms with Gasteiger partial charge in [0.15, 0.2) is 0 Å². The second-order valence-corrected chi connectivity index (χ2v) is 12.6. The van der Waals surface area contributed by atoms with E-state index in [9.17, 15) is 19.2 Å². The van der Waals surface area contributed by atoms with Crippen molar-refractivity contribution in [3.8, 4) is 11.1 Å². The number of allylic oxidation sites excluding steroid dienone is 2. The van der Waals surface area contributed by atoms with Crippen molar-refractivity contribution < 1.29 is 28.7 Å². The molecule has 9 nitrogen and oxygen atoms in total. The maximum atomic E-state index is 13.7. The summed E-state index contributed by atoms with van der Waals surface area (Å²) in [5, 5.41) is 6.29. The number of methoxy groups -OCH3 is 1. The topological polar surface area (TPSA) is 116 Å². The number of carbonyl (C=O) groups is 4. The van der Waals surface area contributed by atoms with Gasteiger partial charge in [-0.15, -0.1) is 0 Å². The molecule has 1 aliphatic carbocycles. The molecule has 50 heavy (non-hydrogen) atoms. The molecule has 0 spiro atoms. The van der Waals surface area contributed by atoms with E-state index in [1.54, 1.807) is 35.0 Å². The van der Waals surface area contributed by atoms with E-state index in [4.69, 9.17) is 9.47 Å². The molecule has 5 aromatic rings. The van der Waals surface area contributed by atoms with Gasteiger partial charge in [-0.25, -0.2) is 9.59 Å². The van der Waals surface area contributed by atoms with Crippen LogP contribution in [0.1, 0.15) is 64.1 Å². The van der Waals surface area contributed by atoms with Crippen LogP contribution in [0.3, 0.4) is 0 Å². The fourth-order valence-corrected chi connectivity index (χ4v) is 6.54. The van der Waals surface area contributed by atoms with Crippen molar-refractivity contribution in [1.82, 2.24) is 9.88 Å². The van der Waals surface area contributed by atoms with Gasteiger partial charge in [-0.1, -0.05) is 84.4 Å². The summed E-state index contributed by atoms with van der Waals surface area (Å²) in [5.74, 6) is -1.53. The van der Waals surface area contributed by atoms with Crippen LogP contribution in [0.25, 0.3) is 22.0 Å². The van der Waals surface area contributed by atoms with Gasteiger partial charge in [-0.3, -0.25) is 19.5 Å². The smallest absolute Gasteiger partial charge is 0.411 e. The summed E-state index contributed by atoms with van der Waals surface area (Å²) < 4.78 is 12.3. The van der Waals surface area contributed by atoms with Crippen molar-refractivity contribution in [2.45, 2.75) is 45.6 Å². The number of aromatic nitrogens is 1. The van der Waals surface area contributed by atoms with E-state index >= 15 is 0 Å². The highest BCUT2D eigenvalue weighted by atomic mass is 16.5. The highest BCUT2D eigenvalue weighted by Gasteiger charge is 2.30.